The fourth-order valence-corrected chi connectivity index (χ4v) is 4.08. The van der Waals surface area contributed by atoms with Crippen molar-refractivity contribution < 1.29 is 4.79 Å². The van der Waals surface area contributed by atoms with Gasteiger partial charge < -0.3 is 10.2 Å². The topological polar surface area (TPSA) is 75.9 Å². The highest BCUT2D eigenvalue weighted by Gasteiger charge is 2.19. The molecule has 8 heteroatoms. The maximum Gasteiger partial charge on any atom is 0.251 e. The van der Waals surface area contributed by atoms with E-state index in [1.165, 1.54) is 19.3 Å². The zero-order chi connectivity index (χ0) is 20.2. The number of hydrogen-bond acceptors (Lipinski definition) is 6. The van der Waals surface area contributed by atoms with Crippen molar-refractivity contribution in [2.45, 2.75) is 37.9 Å². The molecule has 29 heavy (non-hydrogen) atoms. The number of amides is 1. The number of benzene rings is 1. The third-order valence-electron chi connectivity index (χ3n) is 5.29. The van der Waals surface area contributed by atoms with Crippen LogP contribution in [-0.2, 0) is 6.54 Å². The molecule has 0 spiro atoms. The molecule has 2 aromatic heterocycles. The molecule has 152 valence electrons. The van der Waals surface area contributed by atoms with Crippen LogP contribution in [0.2, 0.25) is 0 Å². The Labute approximate surface area is 174 Å². The Balaban J connectivity index is 1.52. The first-order chi connectivity index (χ1) is 14.2. The number of aromatic nitrogens is 4. The summed E-state index contributed by atoms with van der Waals surface area (Å²) >= 11 is 1.54. The number of carbonyl (C=O) groups excluding carboxylic acids is 1. The first-order valence-electron chi connectivity index (χ1n) is 10.0. The summed E-state index contributed by atoms with van der Waals surface area (Å²) in [6.07, 6.45) is 7.51. The lowest BCUT2D eigenvalue weighted by Gasteiger charge is -2.28. The lowest BCUT2D eigenvalue weighted by molar-refractivity contribution is 0.0951. The SMILES string of the molecule is CSc1nc(N2CCCCC2)c2cnn(CCNC(=O)c3ccccc3C)c2n1. The number of nitrogens with zero attached hydrogens (tertiary/aromatic N) is 5. The zero-order valence-electron chi connectivity index (χ0n) is 16.9. The molecule has 0 bridgehead atoms. The number of aryl methyl sites for hydroxylation is 1. The highest BCUT2D eigenvalue weighted by molar-refractivity contribution is 7.98. The molecule has 0 saturated carbocycles. The molecule has 1 aliphatic heterocycles. The summed E-state index contributed by atoms with van der Waals surface area (Å²) in [5.74, 6) is 0.919. The Bertz CT molecular complexity index is 1010. The summed E-state index contributed by atoms with van der Waals surface area (Å²) in [5, 5.41) is 9.27. The summed E-state index contributed by atoms with van der Waals surface area (Å²) < 4.78 is 1.86. The Morgan fingerprint density at radius 2 is 1.97 bits per heavy atom. The van der Waals surface area contributed by atoms with Crippen LogP contribution < -0.4 is 10.2 Å². The van der Waals surface area contributed by atoms with Gasteiger partial charge in [0.05, 0.1) is 18.1 Å². The third kappa shape index (κ3) is 4.22. The van der Waals surface area contributed by atoms with E-state index in [9.17, 15) is 4.79 Å². The summed E-state index contributed by atoms with van der Waals surface area (Å²) in [7, 11) is 0. The molecule has 0 atom stereocenters. The van der Waals surface area contributed by atoms with Gasteiger partial charge in [0.25, 0.3) is 5.91 Å². The highest BCUT2D eigenvalue weighted by Crippen LogP contribution is 2.28. The van der Waals surface area contributed by atoms with Gasteiger partial charge >= 0.3 is 0 Å². The van der Waals surface area contributed by atoms with Crippen LogP contribution in [0.3, 0.4) is 0 Å². The molecule has 4 rings (SSSR count). The molecule has 1 N–H and O–H groups in total. The number of anilines is 1. The molecule has 0 radical (unpaired) electrons. The summed E-state index contributed by atoms with van der Waals surface area (Å²) in [6, 6.07) is 7.60. The van der Waals surface area contributed by atoms with Crippen LogP contribution in [0.5, 0.6) is 0 Å². The lowest BCUT2D eigenvalue weighted by atomic mass is 10.1. The Morgan fingerprint density at radius 3 is 2.72 bits per heavy atom. The Hall–Kier alpha value is -2.61. The van der Waals surface area contributed by atoms with E-state index in [4.69, 9.17) is 9.97 Å². The second-order valence-corrected chi connectivity index (χ2v) is 8.03. The number of thioether (sulfide) groups is 1. The van der Waals surface area contributed by atoms with E-state index in [1.807, 2.05) is 48.3 Å². The quantitative estimate of drug-likeness (QED) is 0.496. The van der Waals surface area contributed by atoms with E-state index in [0.717, 1.165) is 40.7 Å². The van der Waals surface area contributed by atoms with Crippen LogP contribution in [0.4, 0.5) is 5.82 Å². The molecule has 1 saturated heterocycles. The zero-order valence-corrected chi connectivity index (χ0v) is 17.7. The molecule has 1 amide bonds. The maximum atomic E-state index is 12.4. The minimum atomic E-state index is -0.0620. The van der Waals surface area contributed by atoms with E-state index in [0.29, 0.717) is 18.7 Å². The van der Waals surface area contributed by atoms with Crippen LogP contribution in [-0.4, -0.2) is 51.5 Å². The normalized spacial score (nSPS) is 14.3. The Kier molecular flexibility index (Phi) is 5.99. The van der Waals surface area contributed by atoms with Crippen LogP contribution in [0.25, 0.3) is 11.0 Å². The van der Waals surface area contributed by atoms with Gasteiger partial charge in [-0.3, -0.25) is 4.79 Å². The number of nitrogens with one attached hydrogen (secondary N) is 1. The average Bonchev–Trinajstić information content (AvgIpc) is 3.16. The van der Waals surface area contributed by atoms with Crippen molar-refractivity contribution >= 4 is 34.5 Å². The fraction of sp³-hybridized carbons (Fsp3) is 0.429. The average molecular weight is 411 g/mol. The van der Waals surface area contributed by atoms with Crippen molar-refractivity contribution in [1.82, 2.24) is 25.1 Å². The van der Waals surface area contributed by atoms with Crippen molar-refractivity contribution in [2.75, 3.05) is 30.8 Å². The van der Waals surface area contributed by atoms with Crippen LogP contribution in [0, 0.1) is 6.92 Å². The molecule has 0 aliphatic carbocycles. The van der Waals surface area contributed by atoms with Gasteiger partial charge in [0.15, 0.2) is 10.8 Å². The summed E-state index contributed by atoms with van der Waals surface area (Å²) in [4.78, 5) is 24.2. The van der Waals surface area contributed by atoms with E-state index >= 15 is 0 Å². The van der Waals surface area contributed by atoms with Gasteiger partial charge in [-0.2, -0.15) is 5.10 Å². The fourth-order valence-electron chi connectivity index (χ4n) is 3.72. The molecule has 1 aromatic carbocycles. The molecule has 7 nitrogen and oxygen atoms in total. The van der Waals surface area contributed by atoms with Crippen molar-refractivity contribution in [1.29, 1.82) is 0 Å². The van der Waals surface area contributed by atoms with E-state index in [-0.39, 0.29) is 5.91 Å². The van der Waals surface area contributed by atoms with Gasteiger partial charge in [-0.15, -0.1) is 0 Å². The molecular formula is C21H26N6OS. The highest BCUT2D eigenvalue weighted by atomic mass is 32.2. The molecule has 0 unspecified atom stereocenters. The number of piperidine rings is 1. The Morgan fingerprint density at radius 1 is 1.17 bits per heavy atom. The van der Waals surface area contributed by atoms with Gasteiger partial charge in [-0.25, -0.2) is 14.6 Å². The second kappa shape index (κ2) is 8.82. The van der Waals surface area contributed by atoms with E-state index in [1.54, 1.807) is 11.8 Å². The number of hydrogen-bond donors (Lipinski definition) is 1. The monoisotopic (exact) mass is 410 g/mol. The summed E-state index contributed by atoms with van der Waals surface area (Å²) in [6.45, 7) is 5.04. The van der Waals surface area contributed by atoms with Crippen molar-refractivity contribution in [3.05, 3.63) is 41.6 Å². The first kappa shape index (κ1) is 19.7. The molecule has 1 aliphatic rings. The van der Waals surface area contributed by atoms with Gasteiger partial charge in [0.1, 0.15) is 5.82 Å². The molecule has 3 heterocycles. The van der Waals surface area contributed by atoms with Gasteiger partial charge in [-0.05, 0) is 44.1 Å². The lowest BCUT2D eigenvalue weighted by Crippen LogP contribution is -2.30. The maximum absolute atomic E-state index is 12.4. The smallest absolute Gasteiger partial charge is 0.251 e. The van der Waals surface area contributed by atoms with E-state index in [2.05, 4.69) is 15.3 Å². The number of carbonyl (C=O) groups is 1. The predicted molar refractivity (Wildman–Crippen MR) is 117 cm³/mol. The van der Waals surface area contributed by atoms with Gasteiger partial charge in [0, 0.05) is 25.2 Å². The summed E-state index contributed by atoms with van der Waals surface area (Å²) in [5.41, 5.74) is 2.50. The molecule has 3 aromatic rings. The number of fused-ring (bicyclic) bond motifs is 1. The van der Waals surface area contributed by atoms with Crippen LogP contribution in [0.1, 0.15) is 35.2 Å². The van der Waals surface area contributed by atoms with Crippen molar-refractivity contribution in [3.8, 4) is 0 Å². The molecule has 1 fully saturated rings. The van der Waals surface area contributed by atoms with E-state index < -0.39 is 0 Å². The number of rotatable bonds is 6. The second-order valence-electron chi connectivity index (χ2n) is 7.26. The predicted octanol–water partition coefficient (Wildman–Crippen LogP) is 3.28. The van der Waals surface area contributed by atoms with Crippen LogP contribution in [0.15, 0.2) is 35.6 Å². The first-order valence-corrected chi connectivity index (χ1v) is 11.3. The standard InChI is InChI=1S/C21H26N6OS/c1-15-8-4-5-9-16(15)20(28)22-10-13-27-19-17(14-23-27)18(24-21(25-19)29-2)26-11-6-3-7-12-26/h4-5,8-9,14H,3,6-7,10-13H2,1-2H3,(H,22,28). The minimum absolute atomic E-state index is 0.0620. The van der Waals surface area contributed by atoms with Gasteiger partial charge in [0.2, 0.25) is 0 Å². The minimum Gasteiger partial charge on any atom is -0.356 e. The van der Waals surface area contributed by atoms with Crippen LogP contribution >= 0.6 is 11.8 Å². The van der Waals surface area contributed by atoms with Gasteiger partial charge in [-0.1, -0.05) is 30.0 Å². The third-order valence-corrected chi connectivity index (χ3v) is 5.84. The molecular weight excluding hydrogens is 384 g/mol. The van der Waals surface area contributed by atoms with Crippen molar-refractivity contribution in [3.63, 3.8) is 0 Å². The largest absolute Gasteiger partial charge is 0.356 e. The van der Waals surface area contributed by atoms with Crippen molar-refractivity contribution in [2.24, 2.45) is 0 Å².